The number of halogens is 2. The van der Waals surface area contributed by atoms with E-state index in [0.29, 0.717) is 11.3 Å². The van der Waals surface area contributed by atoms with E-state index < -0.39 is 0 Å². The average Bonchev–Trinajstić information content (AvgIpc) is 2.27. The standard InChI is InChI=1S/C14H19Cl2N/c1-14(2)7-4-8-17(10-14)13-6-3-5-12(16)11(13)9-15/h3,5-6H,4,7-10H2,1-2H3. The lowest BCUT2D eigenvalue weighted by Gasteiger charge is -2.40. The Bertz CT molecular complexity index is 401. The molecule has 0 N–H and O–H groups in total. The highest BCUT2D eigenvalue weighted by molar-refractivity contribution is 6.32. The van der Waals surface area contributed by atoms with Crippen LogP contribution >= 0.6 is 23.2 Å². The molecule has 1 fully saturated rings. The Kier molecular flexibility index (Phi) is 3.89. The summed E-state index contributed by atoms with van der Waals surface area (Å²) in [5, 5.41) is 0.779. The summed E-state index contributed by atoms with van der Waals surface area (Å²) in [6.07, 6.45) is 2.53. The molecule has 0 unspecified atom stereocenters. The van der Waals surface area contributed by atoms with E-state index in [2.05, 4.69) is 24.8 Å². The van der Waals surface area contributed by atoms with E-state index in [-0.39, 0.29) is 0 Å². The third-order valence-electron chi connectivity index (χ3n) is 3.47. The second-order valence-corrected chi connectivity index (χ2v) is 6.23. The van der Waals surface area contributed by atoms with Crippen LogP contribution in [0.25, 0.3) is 0 Å². The summed E-state index contributed by atoms with van der Waals surface area (Å²) < 4.78 is 0. The Hall–Kier alpha value is -0.400. The molecule has 0 radical (unpaired) electrons. The zero-order chi connectivity index (χ0) is 12.5. The lowest BCUT2D eigenvalue weighted by atomic mass is 9.84. The van der Waals surface area contributed by atoms with E-state index >= 15 is 0 Å². The van der Waals surface area contributed by atoms with E-state index in [1.54, 1.807) is 0 Å². The predicted octanol–water partition coefficient (Wildman–Crippen LogP) is 4.71. The maximum atomic E-state index is 6.21. The summed E-state index contributed by atoms with van der Waals surface area (Å²) in [7, 11) is 0. The van der Waals surface area contributed by atoms with Gasteiger partial charge in [-0.15, -0.1) is 11.6 Å². The van der Waals surface area contributed by atoms with Gasteiger partial charge in [0.05, 0.1) is 5.88 Å². The van der Waals surface area contributed by atoms with Gasteiger partial charge in [0.25, 0.3) is 0 Å². The van der Waals surface area contributed by atoms with Crippen molar-refractivity contribution in [3.05, 3.63) is 28.8 Å². The molecule has 1 aromatic rings. The minimum atomic E-state index is 0.379. The molecule has 1 aliphatic rings. The monoisotopic (exact) mass is 271 g/mol. The van der Waals surface area contributed by atoms with Crippen LogP contribution in [0.15, 0.2) is 18.2 Å². The minimum Gasteiger partial charge on any atom is -0.371 e. The third kappa shape index (κ3) is 2.89. The first-order valence-corrected chi connectivity index (χ1v) is 7.03. The van der Waals surface area contributed by atoms with Crippen LogP contribution in [0.3, 0.4) is 0 Å². The number of nitrogens with zero attached hydrogens (tertiary/aromatic N) is 1. The second kappa shape index (κ2) is 5.07. The van der Waals surface area contributed by atoms with Gasteiger partial charge in [-0.2, -0.15) is 0 Å². The number of anilines is 1. The fraction of sp³-hybridized carbons (Fsp3) is 0.571. The van der Waals surface area contributed by atoms with Crippen LogP contribution in [-0.4, -0.2) is 13.1 Å². The molecule has 1 aliphatic heterocycles. The van der Waals surface area contributed by atoms with Gasteiger partial charge in [0.2, 0.25) is 0 Å². The minimum absolute atomic E-state index is 0.379. The molecular formula is C14H19Cl2N. The molecule has 0 atom stereocenters. The normalized spacial score (nSPS) is 19.4. The maximum Gasteiger partial charge on any atom is 0.0509 e. The van der Waals surface area contributed by atoms with Crippen molar-refractivity contribution < 1.29 is 0 Å². The molecule has 0 saturated carbocycles. The Morgan fingerprint density at radius 1 is 1.35 bits per heavy atom. The number of benzene rings is 1. The van der Waals surface area contributed by atoms with Crippen molar-refractivity contribution in [3.8, 4) is 0 Å². The van der Waals surface area contributed by atoms with Gasteiger partial charge in [0.1, 0.15) is 0 Å². The van der Waals surface area contributed by atoms with Gasteiger partial charge >= 0.3 is 0 Å². The van der Waals surface area contributed by atoms with Gasteiger partial charge in [-0.05, 0) is 30.4 Å². The van der Waals surface area contributed by atoms with E-state index in [1.807, 2.05) is 12.1 Å². The molecule has 0 amide bonds. The number of rotatable bonds is 2. The fourth-order valence-corrected chi connectivity index (χ4v) is 3.19. The van der Waals surface area contributed by atoms with Gasteiger partial charge in [-0.3, -0.25) is 0 Å². The summed E-state index contributed by atoms with van der Waals surface area (Å²) >= 11 is 12.2. The van der Waals surface area contributed by atoms with E-state index in [0.717, 1.165) is 23.7 Å². The summed E-state index contributed by atoms with van der Waals surface area (Å²) in [5.74, 6) is 0.478. The first kappa shape index (κ1) is 13.0. The lowest BCUT2D eigenvalue weighted by molar-refractivity contribution is 0.293. The lowest BCUT2D eigenvalue weighted by Crippen LogP contribution is -2.40. The van der Waals surface area contributed by atoms with E-state index in [9.17, 15) is 0 Å². The Morgan fingerprint density at radius 2 is 2.12 bits per heavy atom. The summed E-state index contributed by atoms with van der Waals surface area (Å²) in [6, 6.07) is 6.05. The Labute approximate surface area is 114 Å². The smallest absolute Gasteiger partial charge is 0.0509 e. The van der Waals surface area contributed by atoms with E-state index in [4.69, 9.17) is 23.2 Å². The van der Waals surface area contributed by atoms with Crippen LogP contribution in [0.1, 0.15) is 32.3 Å². The van der Waals surface area contributed by atoms with Crippen molar-refractivity contribution in [2.75, 3.05) is 18.0 Å². The molecule has 0 bridgehead atoms. The van der Waals surface area contributed by atoms with Crippen molar-refractivity contribution in [2.45, 2.75) is 32.6 Å². The van der Waals surface area contributed by atoms with Crippen molar-refractivity contribution in [1.29, 1.82) is 0 Å². The molecule has 0 aliphatic carbocycles. The molecular weight excluding hydrogens is 253 g/mol. The molecule has 0 aromatic heterocycles. The highest BCUT2D eigenvalue weighted by Gasteiger charge is 2.27. The molecule has 17 heavy (non-hydrogen) atoms. The molecule has 1 nitrogen and oxygen atoms in total. The van der Waals surface area contributed by atoms with Crippen LogP contribution < -0.4 is 4.90 Å². The van der Waals surface area contributed by atoms with Crippen LogP contribution in [0.4, 0.5) is 5.69 Å². The van der Waals surface area contributed by atoms with Crippen molar-refractivity contribution in [2.24, 2.45) is 5.41 Å². The number of piperidine rings is 1. The van der Waals surface area contributed by atoms with Crippen LogP contribution in [-0.2, 0) is 5.88 Å². The van der Waals surface area contributed by atoms with Gasteiger partial charge in [0, 0.05) is 29.4 Å². The zero-order valence-electron chi connectivity index (χ0n) is 10.5. The van der Waals surface area contributed by atoms with E-state index in [1.165, 1.54) is 18.5 Å². The highest BCUT2D eigenvalue weighted by atomic mass is 35.5. The Balaban J connectivity index is 2.30. The molecule has 1 aromatic carbocycles. The Morgan fingerprint density at radius 3 is 2.76 bits per heavy atom. The maximum absolute atomic E-state index is 6.21. The zero-order valence-corrected chi connectivity index (χ0v) is 12.0. The summed E-state index contributed by atoms with van der Waals surface area (Å²) in [5.41, 5.74) is 2.65. The number of hydrogen-bond acceptors (Lipinski definition) is 1. The average molecular weight is 272 g/mol. The molecule has 0 spiro atoms. The van der Waals surface area contributed by atoms with Gasteiger partial charge < -0.3 is 4.90 Å². The van der Waals surface area contributed by atoms with Gasteiger partial charge in [0.15, 0.2) is 0 Å². The van der Waals surface area contributed by atoms with Crippen molar-refractivity contribution in [1.82, 2.24) is 0 Å². The fourth-order valence-electron chi connectivity index (χ4n) is 2.60. The predicted molar refractivity (Wildman–Crippen MR) is 76.2 cm³/mol. The highest BCUT2D eigenvalue weighted by Crippen LogP contribution is 2.35. The summed E-state index contributed by atoms with van der Waals surface area (Å²) in [4.78, 5) is 2.42. The quantitative estimate of drug-likeness (QED) is 0.705. The van der Waals surface area contributed by atoms with Gasteiger partial charge in [-0.1, -0.05) is 31.5 Å². The molecule has 3 heteroatoms. The molecule has 1 saturated heterocycles. The molecule has 94 valence electrons. The van der Waals surface area contributed by atoms with Crippen molar-refractivity contribution >= 4 is 28.9 Å². The molecule has 1 heterocycles. The second-order valence-electron chi connectivity index (χ2n) is 5.56. The number of hydrogen-bond donors (Lipinski definition) is 0. The topological polar surface area (TPSA) is 3.24 Å². The van der Waals surface area contributed by atoms with Crippen LogP contribution in [0, 0.1) is 5.41 Å². The summed E-state index contributed by atoms with van der Waals surface area (Å²) in [6.45, 7) is 6.83. The first-order chi connectivity index (χ1) is 8.03. The van der Waals surface area contributed by atoms with Crippen LogP contribution in [0.5, 0.6) is 0 Å². The SMILES string of the molecule is CC1(C)CCCN(c2cccc(Cl)c2CCl)C1. The largest absolute Gasteiger partial charge is 0.371 e. The first-order valence-electron chi connectivity index (χ1n) is 6.12. The van der Waals surface area contributed by atoms with Crippen molar-refractivity contribution in [3.63, 3.8) is 0 Å². The van der Waals surface area contributed by atoms with Crippen LogP contribution in [0.2, 0.25) is 5.02 Å². The van der Waals surface area contributed by atoms with Gasteiger partial charge in [-0.25, -0.2) is 0 Å². The third-order valence-corrected chi connectivity index (χ3v) is 4.09. The molecule has 2 rings (SSSR count). The number of alkyl halides is 1.